The third-order valence-electron chi connectivity index (χ3n) is 2.83. The molecule has 0 heterocycles. The highest BCUT2D eigenvalue weighted by Gasteiger charge is 2.30. The summed E-state index contributed by atoms with van der Waals surface area (Å²) >= 11 is 0. The minimum Gasteiger partial charge on any atom is -0.294 e. The van der Waals surface area contributed by atoms with E-state index in [9.17, 15) is 4.79 Å². The quantitative estimate of drug-likeness (QED) is 0.683. The van der Waals surface area contributed by atoms with E-state index in [4.69, 9.17) is 5.26 Å². The van der Waals surface area contributed by atoms with Crippen molar-refractivity contribution in [3.63, 3.8) is 0 Å². The monoisotopic (exact) mass is 197 g/mol. The molecular formula is C13H11NO. The van der Waals surface area contributed by atoms with Gasteiger partial charge >= 0.3 is 0 Å². The maximum atomic E-state index is 11.9. The molecule has 0 saturated carbocycles. The molecule has 1 aromatic carbocycles. The summed E-state index contributed by atoms with van der Waals surface area (Å²) in [5.41, 5.74) is 2.27. The summed E-state index contributed by atoms with van der Waals surface area (Å²) in [4.78, 5) is 11.9. The van der Waals surface area contributed by atoms with Gasteiger partial charge in [0, 0.05) is 11.5 Å². The van der Waals surface area contributed by atoms with Gasteiger partial charge in [0.25, 0.3) is 0 Å². The van der Waals surface area contributed by atoms with E-state index in [1.807, 2.05) is 6.07 Å². The summed E-state index contributed by atoms with van der Waals surface area (Å²) in [5.74, 6) is 0.147. The Morgan fingerprint density at radius 3 is 3.07 bits per heavy atom. The molecule has 0 bridgehead atoms. The summed E-state index contributed by atoms with van der Waals surface area (Å²) in [5, 5.41) is 8.92. The van der Waals surface area contributed by atoms with Crippen molar-refractivity contribution in [2.45, 2.75) is 12.8 Å². The van der Waals surface area contributed by atoms with Gasteiger partial charge in [0.15, 0.2) is 5.78 Å². The van der Waals surface area contributed by atoms with Crippen molar-refractivity contribution in [3.8, 4) is 6.07 Å². The second kappa shape index (κ2) is 3.70. The van der Waals surface area contributed by atoms with E-state index >= 15 is 0 Å². The van der Waals surface area contributed by atoms with Crippen LogP contribution in [0.3, 0.4) is 0 Å². The van der Waals surface area contributed by atoms with Gasteiger partial charge in [-0.3, -0.25) is 4.79 Å². The third kappa shape index (κ3) is 1.46. The lowest BCUT2D eigenvalue weighted by molar-refractivity contribution is 0.0938. The van der Waals surface area contributed by atoms with Crippen molar-refractivity contribution >= 4 is 5.78 Å². The summed E-state index contributed by atoms with van der Waals surface area (Å²) in [6.07, 6.45) is 3.14. The molecule has 1 aliphatic rings. The molecule has 74 valence electrons. The van der Waals surface area contributed by atoms with E-state index in [2.05, 4.69) is 12.6 Å². The maximum absolute atomic E-state index is 11.9. The zero-order chi connectivity index (χ0) is 10.8. The van der Waals surface area contributed by atoms with Gasteiger partial charge in [0.2, 0.25) is 0 Å². The summed E-state index contributed by atoms with van der Waals surface area (Å²) in [6.45, 7) is 3.65. The van der Waals surface area contributed by atoms with E-state index in [1.54, 1.807) is 18.2 Å². The summed E-state index contributed by atoms with van der Waals surface area (Å²) in [6, 6.07) is 7.48. The summed E-state index contributed by atoms with van der Waals surface area (Å²) in [7, 11) is 0. The van der Waals surface area contributed by atoms with Crippen molar-refractivity contribution in [1.82, 2.24) is 0 Å². The van der Waals surface area contributed by atoms with Crippen molar-refractivity contribution in [2.24, 2.45) is 5.92 Å². The van der Waals surface area contributed by atoms with Crippen LogP contribution < -0.4 is 0 Å². The van der Waals surface area contributed by atoms with Crippen LogP contribution >= 0.6 is 0 Å². The molecule has 0 radical (unpaired) electrons. The zero-order valence-corrected chi connectivity index (χ0v) is 8.36. The van der Waals surface area contributed by atoms with Crippen LogP contribution in [-0.2, 0) is 6.42 Å². The van der Waals surface area contributed by atoms with Gasteiger partial charge in [0.05, 0.1) is 11.6 Å². The van der Waals surface area contributed by atoms with E-state index in [0.29, 0.717) is 18.4 Å². The maximum Gasteiger partial charge on any atom is 0.166 e. The van der Waals surface area contributed by atoms with E-state index in [-0.39, 0.29) is 11.7 Å². The number of nitrogens with zero attached hydrogens (tertiary/aromatic N) is 1. The number of allylic oxidation sites excluding steroid dienone is 1. The van der Waals surface area contributed by atoms with Crippen molar-refractivity contribution in [2.75, 3.05) is 0 Å². The number of nitriles is 1. The van der Waals surface area contributed by atoms with Crippen LogP contribution in [-0.4, -0.2) is 5.78 Å². The van der Waals surface area contributed by atoms with Crippen LogP contribution in [0.2, 0.25) is 0 Å². The Kier molecular flexibility index (Phi) is 2.39. The average molecular weight is 197 g/mol. The number of benzene rings is 1. The number of carbonyl (C=O) groups is 1. The smallest absolute Gasteiger partial charge is 0.166 e. The van der Waals surface area contributed by atoms with Crippen LogP contribution in [0.4, 0.5) is 0 Å². The highest BCUT2D eigenvalue weighted by molar-refractivity contribution is 6.02. The fourth-order valence-electron chi connectivity index (χ4n) is 2.09. The molecule has 1 aromatic rings. The van der Waals surface area contributed by atoms with Crippen LogP contribution in [0.1, 0.15) is 27.9 Å². The largest absolute Gasteiger partial charge is 0.294 e. The molecule has 2 rings (SSSR count). The van der Waals surface area contributed by atoms with Crippen LogP contribution in [0.5, 0.6) is 0 Å². The second-order valence-electron chi connectivity index (χ2n) is 3.73. The Morgan fingerprint density at radius 2 is 2.40 bits per heavy atom. The lowest BCUT2D eigenvalue weighted by Crippen LogP contribution is -2.07. The van der Waals surface area contributed by atoms with Crippen molar-refractivity contribution in [3.05, 3.63) is 47.5 Å². The van der Waals surface area contributed by atoms with Gasteiger partial charge in [-0.15, -0.1) is 6.58 Å². The fraction of sp³-hybridized carbons (Fsp3) is 0.231. The molecule has 2 nitrogen and oxygen atoms in total. The third-order valence-corrected chi connectivity index (χ3v) is 2.83. The molecule has 0 fully saturated rings. The second-order valence-corrected chi connectivity index (χ2v) is 3.73. The normalized spacial score (nSPS) is 18.3. The molecule has 1 atom stereocenters. The molecule has 0 spiro atoms. The number of rotatable bonds is 2. The molecule has 0 aliphatic heterocycles. The molecule has 1 aliphatic carbocycles. The van der Waals surface area contributed by atoms with Gasteiger partial charge in [0.1, 0.15) is 0 Å². The van der Waals surface area contributed by atoms with E-state index in [0.717, 1.165) is 11.1 Å². The lowest BCUT2D eigenvalue weighted by atomic mass is 10.0. The Balaban J connectivity index is 2.45. The molecule has 2 heteroatoms. The zero-order valence-electron chi connectivity index (χ0n) is 8.36. The molecular weight excluding hydrogens is 186 g/mol. The van der Waals surface area contributed by atoms with Crippen molar-refractivity contribution < 1.29 is 4.79 Å². The number of hydrogen-bond acceptors (Lipinski definition) is 2. The molecule has 0 amide bonds. The Bertz CT molecular complexity index is 468. The van der Waals surface area contributed by atoms with Gasteiger partial charge in [-0.2, -0.15) is 5.26 Å². The molecule has 1 unspecified atom stereocenters. The first-order valence-electron chi connectivity index (χ1n) is 4.95. The van der Waals surface area contributed by atoms with E-state index < -0.39 is 0 Å². The van der Waals surface area contributed by atoms with Gasteiger partial charge < -0.3 is 0 Å². The number of Topliss-reactive ketones (excluding diaryl/α,β-unsaturated/α-hetero) is 1. The average Bonchev–Trinajstić information content (AvgIpc) is 2.57. The minimum absolute atomic E-state index is 0.00741. The standard InChI is InChI=1S/C13H11NO/c1-2-4-9-7-12-10(8-14)5-3-6-11(12)13(9)15/h2-3,5-6,9H,1,4,7H2. The van der Waals surface area contributed by atoms with Crippen LogP contribution in [0.25, 0.3) is 0 Å². The topological polar surface area (TPSA) is 40.9 Å². The molecule has 15 heavy (non-hydrogen) atoms. The van der Waals surface area contributed by atoms with Crippen LogP contribution in [0, 0.1) is 17.2 Å². The first-order chi connectivity index (χ1) is 7.27. The fourth-order valence-corrected chi connectivity index (χ4v) is 2.09. The SMILES string of the molecule is C=CCC1Cc2c(C#N)cccc2C1=O. The van der Waals surface area contributed by atoms with Crippen LogP contribution in [0.15, 0.2) is 30.9 Å². The Labute approximate surface area is 88.8 Å². The molecule has 0 saturated heterocycles. The minimum atomic E-state index is -0.00741. The Hall–Kier alpha value is -1.88. The predicted octanol–water partition coefficient (Wildman–Crippen LogP) is 2.49. The van der Waals surface area contributed by atoms with E-state index in [1.165, 1.54) is 0 Å². The number of fused-ring (bicyclic) bond motifs is 1. The molecule has 0 N–H and O–H groups in total. The first kappa shape index (κ1) is 9.67. The number of ketones is 1. The highest BCUT2D eigenvalue weighted by atomic mass is 16.1. The summed E-state index contributed by atoms with van der Waals surface area (Å²) < 4.78 is 0. The van der Waals surface area contributed by atoms with Gasteiger partial charge in [-0.1, -0.05) is 18.2 Å². The lowest BCUT2D eigenvalue weighted by Gasteiger charge is -2.01. The number of carbonyl (C=O) groups excluding carboxylic acids is 1. The predicted molar refractivity (Wildman–Crippen MR) is 57.5 cm³/mol. The highest BCUT2D eigenvalue weighted by Crippen LogP contribution is 2.31. The molecule has 0 aromatic heterocycles. The van der Waals surface area contributed by atoms with Crippen molar-refractivity contribution in [1.29, 1.82) is 5.26 Å². The van der Waals surface area contributed by atoms with Gasteiger partial charge in [-0.05, 0) is 24.5 Å². The Morgan fingerprint density at radius 1 is 1.60 bits per heavy atom. The van der Waals surface area contributed by atoms with Gasteiger partial charge in [-0.25, -0.2) is 0 Å². The number of hydrogen-bond donors (Lipinski definition) is 0. The first-order valence-corrected chi connectivity index (χ1v) is 4.95.